The molecule has 0 aliphatic carbocycles. The highest BCUT2D eigenvalue weighted by Gasteiger charge is 2.33. The van der Waals surface area contributed by atoms with E-state index in [9.17, 15) is 4.79 Å². The Morgan fingerprint density at radius 1 is 1.12 bits per heavy atom. The first-order valence-corrected chi connectivity index (χ1v) is 8.72. The molecule has 1 atom stereocenters. The summed E-state index contributed by atoms with van der Waals surface area (Å²) in [5.74, 6) is 1.48. The van der Waals surface area contributed by atoms with Crippen molar-refractivity contribution in [3.63, 3.8) is 0 Å². The number of nitrogens with one attached hydrogen (secondary N) is 1. The summed E-state index contributed by atoms with van der Waals surface area (Å²) >= 11 is 0. The molecule has 5 nitrogen and oxygen atoms in total. The minimum atomic E-state index is -0.187. The lowest BCUT2D eigenvalue weighted by atomic mass is 9.92. The maximum atomic E-state index is 12.4. The van der Waals surface area contributed by atoms with Gasteiger partial charge in [-0.1, -0.05) is 18.2 Å². The molecule has 2 aromatic carbocycles. The van der Waals surface area contributed by atoms with Gasteiger partial charge in [0.15, 0.2) is 0 Å². The quantitative estimate of drug-likeness (QED) is 0.784. The number of aromatic amines is 1. The van der Waals surface area contributed by atoms with E-state index in [-0.39, 0.29) is 11.9 Å². The number of H-pyrrole nitrogens is 1. The molecule has 4 rings (SSSR count). The first kappa shape index (κ1) is 16.5. The standard InChI is InChI=1S/C21H22N2O3/c1-13(24)23-9-8-18-17-6-4-5-7-19(17)22-20(18)21(23)14-10-15(25-2)12-16(11-14)26-3/h4-7,10-12,21-22H,8-9H2,1-3H3. The van der Waals surface area contributed by atoms with Crippen molar-refractivity contribution in [3.05, 3.63) is 59.3 Å². The molecule has 134 valence electrons. The van der Waals surface area contributed by atoms with Crippen molar-refractivity contribution in [2.75, 3.05) is 20.8 Å². The highest BCUT2D eigenvalue weighted by molar-refractivity contribution is 5.86. The third-order valence-electron chi connectivity index (χ3n) is 5.13. The Kier molecular flexibility index (Phi) is 4.07. The molecule has 1 aliphatic rings. The Balaban J connectivity index is 1.94. The number of ether oxygens (including phenoxy) is 2. The van der Waals surface area contributed by atoms with Crippen molar-refractivity contribution >= 4 is 16.8 Å². The van der Waals surface area contributed by atoms with Crippen LogP contribution in [0.15, 0.2) is 42.5 Å². The Morgan fingerprint density at radius 3 is 2.46 bits per heavy atom. The normalized spacial score (nSPS) is 16.4. The number of amides is 1. The van der Waals surface area contributed by atoms with Crippen LogP contribution in [0.2, 0.25) is 0 Å². The van der Waals surface area contributed by atoms with Gasteiger partial charge in [-0.3, -0.25) is 4.79 Å². The summed E-state index contributed by atoms with van der Waals surface area (Å²) in [6, 6.07) is 13.9. The van der Waals surface area contributed by atoms with Gasteiger partial charge in [0.05, 0.1) is 20.3 Å². The van der Waals surface area contributed by atoms with Crippen LogP contribution in [0.4, 0.5) is 0 Å². The summed E-state index contributed by atoms with van der Waals surface area (Å²) in [5.41, 5.74) is 4.43. The second-order valence-corrected chi connectivity index (χ2v) is 6.57. The average Bonchev–Trinajstić information content (AvgIpc) is 3.05. The third kappa shape index (κ3) is 2.60. The molecule has 1 amide bonds. The third-order valence-corrected chi connectivity index (χ3v) is 5.13. The van der Waals surface area contributed by atoms with Crippen molar-refractivity contribution in [1.29, 1.82) is 0 Å². The number of fused-ring (bicyclic) bond motifs is 3. The maximum absolute atomic E-state index is 12.4. The van der Waals surface area contributed by atoms with Gasteiger partial charge in [0.2, 0.25) is 5.91 Å². The number of para-hydroxylation sites is 1. The first-order valence-electron chi connectivity index (χ1n) is 8.72. The van der Waals surface area contributed by atoms with E-state index < -0.39 is 0 Å². The number of methoxy groups -OCH3 is 2. The molecule has 3 aromatic rings. The number of rotatable bonds is 3. The smallest absolute Gasteiger partial charge is 0.220 e. The molecular formula is C21H22N2O3. The molecule has 0 fully saturated rings. The lowest BCUT2D eigenvalue weighted by Gasteiger charge is -2.35. The summed E-state index contributed by atoms with van der Waals surface area (Å²) in [7, 11) is 3.27. The van der Waals surface area contributed by atoms with Crippen molar-refractivity contribution in [3.8, 4) is 11.5 Å². The van der Waals surface area contributed by atoms with Gasteiger partial charge in [0.1, 0.15) is 11.5 Å². The number of aromatic nitrogens is 1. The average molecular weight is 350 g/mol. The van der Waals surface area contributed by atoms with E-state index >= 15 is 0 Å². The molecule has 1 aliphatic heterocycles. The van der Waals surface area contributed by atoms with Crippen LogP contribution in [0.1, 0.15) is 29.8 Å². The summed E-state index contributed by atoms with van der Waals surface area (Å²) in [4.78, 5) is 17.8. The minimum absolute atomic E-state index is 0.0566. The van der Waals surface area contributed by atoms with Crippen molar-refractivity contribution in [2.45, 2.75) is 19.4 Å². The number of hydrogen-bond donors (Lipinski definition) is 1. The summed E-state index contributed by atoms with van der Waals surface area (Å²) in [5, 5.41) is 1.23. The van der Waals surface area contributed by atoms with E-state index in [4.69, 9.17) is 9.47 Å². The van der Waals surface area contributed by atoms with Crippen LogP contribution in [-0.2, 0) is 11.2 Å². The molecule has 0 bridgehead atoms. The molecule has 0 radical (unpaired) electrons. The van der Waals surface area contributed by atoms with E-state index in [1.807, 2.05) is 29.2 Å². The molecule has 26 heavy (non-hydrogen) atoms. The zero-order chi connectivity index (χ0) is 18.3. The molecule has 1 aromatic heterocycles. The molecule has 0 saturated carbocycles. The van der Waals surface area contributed by atoms with Crippen LogP contribution in [0.25, 0.3) is 10.9 Å². The fourth-order valence-electron chi connectivity index (χ4n) is 3.91. The van der Waals surface area contributed by atoms with Crippen molar-refractivity contribution < 1.29 is 14.3 Å². The van der Waals surface area contributed by atoms with Gasteiger partial charge in [0, 0.05) is 36.1 Å². The van der Waals surface area contributed by atoms with Gasteiger partial charge in [-0.2, -0.15) is 0 Å². The van der Waals surface area contributed by atoms with Gasteiger partial charge < -0.3 is 19.4 Å². The predicted octanol–water partition coefficient (Wildman–Crippen LogP) is 3.68. The largest absolute Gasteiger partial charge is 0.497 e. The highest BCUT2D eigenvalue weighted by atomic mass is 16.5. The zero-order valence-corrected chi connectivity index (χ0v) is 15.2. The predicted molar refractivity (Wildman–Crippen MR) is 101 cm³/mol. The van der Waals surface area contributed by atoms with Crippen molar-refractivity contribution in [1.82, 2.24) is 9.88 Å². The number of nitrogens with zero attached hydrogens (tertiary/aromatic N) is 1. The Labute approximate surface area is 152 Å². The molecule has 5 heteroatoms. The van der Waals surface area contributed by atoms with Crippen molar-refractivity contribution in [2.24, 2.45) is 0 Å². The van der Waals surface area contributed by atoms with Crippen LogP contribution >= 0.6 is 0 Å². The Bertz CT molecular complexity index is 954. The molecule has 1 unspecified atom stereocenters. The molecule has 1 N–H and O–H groups in total. The molecular weight excluding hydrogens is 328 g/mol. The van der Waals surface area contributed by atoms with Gasteiger partial charge in [-0.05, 0) is 35.7 Å². The van der Waals surface area contributed by atoms with E-state index in [2.05, 4.69) is 23.2 Å². The fourth-order valence-corrected chi connectivity index (χ4v) is 3.91. The summed E-state index contributed by atoms with van der Waals surface area (Å²) in [6.45, 7) is 2.31. The minimum Gasteiger partial charge on any atom is -0.497 e. The van der Waals surface area contributed by atoms with E-state index in [1.165, 1.54) is 10.9 Å². The number of hydrogen-bond acceptors (Lipinski definition) is 3. The van der Waals surface area contributed by atoms with Crippen LogP contribution in [-0.4, -0.2) is 36.6 Å². The second kappa shape index (κ2) is 6.41. The van der Waals surface area contributed by atoms with E-state index in [1.54, 1.807) is 21.1 Å². The fraction of sp³-hybridized carbons (Fsp3) is 0.286. The first-order chi connectivity index (χ1) is 12.6. The van der Waals surface area contributed by atoms with E-state index in [0.717, 1.165) is 23.2 Å². The summed E-state index contributed by atoms with van der Waals surface area (Å²) < 4.78 is 10.9. The van der Waals surface area contributed by atoms with Gasteiger partial charge in [0.25, 0.3) is 0 Å². The molecule has 0 saturated heterocycles. The lowest BCUT2D eigenvalue weighted by molar-refractivity contribution is -0.130. The monoisotopic (exact) mass is 350 g/mol. The zero-order valence-electron chi connectivity index (χ0n) is 15.2. The Morgan fingerprint density at radius 2 is 1.81 bits per heavy atom. The van der Waals surface area contributed by atoms with Crippen LogP contribution in [0, 0.1) is 0 Å². The van der Waals surface area contributed by atoms with Gasteiger partial charge in [-0.25, -0.2) is 0 Å². The maximum Gasteiger partial charge on any atom is 0.220 e. The van der Waals surface area contributed by atoms with Crippen LogP contribution in [0.5, 0.6) is 11.5 Å². The SMILES string of the molecule is COc1cc(OC)cc(C2c3[nH]c4ccccc4c3CCN2C(C)=O)c1. The lowest BCUT2D eigenvalue weighted by Crippen LogP contribution is -2.39. The molecule has 2 heterocycles. The number of carbonyl (C=O) groups excluding carboxylic acids is 1. The summed E-state index contributed by atoms with van der Waals surface area (Å²) in [6.07, 6.45) is 0.844. The van der Waals surface area contributed by atoms with Gasteiger partial charge in [-0.15, -0.1) is 0 Å². The van der Waals surface area contributed by atoms with E-state index in [0.29, 0.717) is 18.0 Å². The number of carbonyl (C=O) groups is 1. The van der Waals surface area contributed by atoms with Crippen LogP contribution in [0.3, 0.4) is 0 Å². The number of benzene rings is 2. The topological polar surface area (TPSA) is 54.6 Å². The van der Waals surface area contributed by atoms with Gasteiger partial charge >= 0.3 is 0 Å². The highest BCUT2D eigenvalue weighted by Crippen LogP contribution is 2.40. The van der Waals surface area contributed by atoms with Crippen LogP contribution < -0.4 is 9.47 Å². The second-order valence-electron chi connectivity index (χ2n) is 6.57. The molecule has 0 spiro atoms. The Hall–Kier alpha value is -2.95.